The van der Waals surface area contributed by atoms with E-state index in [2.05, 4.69) is 5.32 Å². The van der Waals surface area contributed by atoms with Crippen molar-refractivity contribution in [1.29, 1.82) is 0 Å². The highest BCUT2D eigenvalue weighted by atomic mass is 16.5. The number of benzene rings is 1. The molecule has 1 heterocycles. The highest BCUT2D eigenvalue weighted by Gasteiger charge is 2.31. The van der Waals surface area contributed by atoms with E-state index in [0.717, 1.165) is 11.3 Å². The number of ether oxygens (including phenoxy) is 2. The Labute approximate surface area is 128 Å². The van der Waals surface area contributed by atoms with Crippen LogP contribution in [0.5, 0.6) is 5.75 Å². The molecule has 1 aliphatic heterocycles. The minimum absolute atomic E-state index is 0.107. The van der Waals surface area contributed by atoms with Crippen LogP contribution in [0.15, 0.2) is 29.8 Å². The summed E-state index contributed by atoms with van der Waals surface area (Å²) in [6.07, 6.45) is 1.53. The van der Waals surface area contributed by atoms with Crippen molar-refractivity contribution in [3.63, 3.8) is 0 Å². The monoisotopic (exact) mass is 305 g/mol. The van der Waals surface area contributed by atoms with Gasteiger partial charge in [0.05, 0.1) is 24.1 Å². The number of hydrogen-bond donors (Lipinski definition) is 2. The van der Waals surface area contributed by atoms with Gasteiger partial charge >= 0.3 is 5.97 Å². The molecule has 0 radical (unpaired) electrons. The summed E-state index contributed by atoms with van der Waals surface area (Å²) in [7, 11) is 1.46. The number of fused-ring (bicyclic) bond motifs is 1. The first kappa shape index (κ1) is 16.0. The summed E-state index contributed by atoms with van der Waals surface area (Å²) in [5.74, 6) is -0.626. The van der Waals surface area contributed by atoms with Gasteiger partial charge in [-0.3, -0.25) is 9.59 Å². The number of carbonyl (C=O) groups is 2. The van der Waals surface area contributed by atoms with Crippen molar-refractivity contribution < 1.29 is 24.2 Å². The van der Waals surface area contributed by atoms with E-state index in [1.165, 1.54) is 7.11 Å². The standard InChI is InChI=1S/C16H19NO5/c1-16(10-21-2,8-14(18)19)17-15(20)12-7-11-5-3-4-6-13(11)22-9-12/h3-7H,8-10H2,1-2H3,(H,17,20)(H,18,19). The maximum Gasteiger partial charge on any atom is 0.305 e. The van der Waals surface area contributed by atoms with Gasteiger partial charge in [-0.1, -0.05) is 18.2 Å². The van der Waals surface area contributed by atoms with Crippen molar-refractivity contribution >= 4 is 18.0 Å². The van der Waals surface area contributed by atoms with E-state index >= 15 is 0 Å². The van der Waals surface area contributed by atoms with Crippen LogP contribution in [0.25, 0.3) is 6.08 Å². The van der Waals surface area contributed by atoms with E-state index in [1.54, 1.807) is 13.0 Å². The molecule has 6 nitrogen and oxygen atoms in total. The highest BCUT2D eigenvalue weighted by Crippen LogP contribution is 2.26. The van der Waals surface area contributed by atoms with Crippen molar-refractivity contribution in [2.24, 2.45) is 0 Å². The lowest BCUT2D eigenvalue weighted by atomic mass is 9.97. The predicted octanol–water partition coefficient (Wildman–Crippen LogP) is 1.46. The van der Waals surface area contributed by atoms with E-state index in [9.17, 15) is 9.59 Å². The smallest absolute Gasteiger partial charge is 0.305 e. The molecule has 0 saturated carbocycles. The number of rotatable bonds is 6. The molecule has 6 heteroatoms. The number of methoxy groups -OCH3 is 1. The minimum Gasteiger partial charge on any atom is -0.488 e. The van der Waals surface area contributed by atoms with Crippen LogP contribution >= 0.6 is 0 Å². The zero-order valence-corrected chi connectivity index (χ0v) is 12.6. The summed E-state index contributed by atoms with van der Waals surface area (Å²) in [6, 6.07) is 7.41. The lowest BCUT2D eigenvalue weighted by Crippen LogP contribution is -2.51. The third-order valence-corrected chi connectivity index (χ3v) is 3.34. The molecule has 1 unspecified atom stereocenters. The van der Waals surface area contributed by atoms with Crippen LogP contribution in [0.3, 0.4) is 0 Å². The number of nitrogens with one attached hydrogen (secondary N) is 1. The van der Waals surface area contributed by atoms with Crippen molar-refractivity contribution in [3.8, 4) is 5.75 Å². The number of hydrogen-bond acceptors (Lipinski definition) is 4. The lowest BCUT2D eigenvalue weighted by molar-refractivity contribution is -0.139. The van der Waals surface area contributed by atoms with E-state index in [1.807, 2.05) is 24.3 Å². The average molecular weight is 305 g/mol. The number of carboxylic acid groups (broad SMARTS) is 1. The summed E-state index contributed by atoms with van der Waals surface area (Å²) < 4.78 is 10.6. The lowest BCUT2D eigenvalue weighted by Gasteiger charge is -2.29. The Morgan fingerprint density at radius 2 is 2.14 bits per heavy atom. The van der Waals surface area contributed by atoms with E-state index in [-0.39, 0.29) is 25.5 Å². The van der Waals surface area contributed by atoms with Gasteiger partial charge in [-0.15, -0.1) is 0 Å². The maximum absolute atomic E-state index is 12.4. The first-order valence-electron chi connectivity index (χ1n) is 6.89. The molecule has 0 aromatic heterocycles. The summed E-state index contributed by atoms with van der Waals surface area (Å²) in [5, 5.41) is 11.7. The first-order valence-corrected chi connectivity index (χ1v) is 6.89. The molecule has 1 amide bonds. The van der Waals surface area contributed by atoms with Gasteiger partial charge in [0.25, 0.3) is 5.91 Å². The molecule has 0 saturated heterocycles. The molecular formula is C16H19NO5. The van der Waals surface area contributed by atoms with Gasteiger partial charge in [0.2, 0.25) is 0 Å². The summed E-state index contributed by atoms with van der Waals surface area (Å²) in [5.41, 5.74) is 0.298. The number of carbonyl (C=O) groups excluding carboxylic acids is 1. The largest absolute Gasteiger partial charge is 0.488 e. The summed E-state index contributed by atoms with van der Waals surface area (Å²) >= 11 is 0. The van der Waals surface area contributed by atoms with Crippen molar-refractivity contribution in [3.05, 3.63) is 35.4 Å². The number of para-hydroxylation sites is 1. The van der Waals surface area contributed by atoms with Gasteiger partial charge in [-0.2, -0.15) is 0 Å². The van der Waals surface area contributed by atoms with E-state index in [4.69, 9.17) is 14.6 Å². The SMILES string of the molecule is COCC(C)(CC(=O)O)NC(=O)C1=Cc2ccccc2OC1. The third-order valence-electron chi connectivity index (χ3n) is 3.34. The third kappa shape index (κ3) is 3.85. The van der Waals surface area contributed by atoms with Gasteiger partial charge < -0.3 is 19.9 Å². The minimum atomic E-state index is -1.00. The molecule has 2 N–H and O–H groups in total. The molecule has 0 fully saturated rings. The quantitative estimate of drug-likeness (QED) is 0.831. The molecule has 1 aromatic carbocycles. The van der Waals surface area contributed by atoms with Crippen LogP contribution in [-0.2, 0) is 14.3 Å². The Hall–Kier alpha value is -2.34. The van der Waals surface area contributed by atoms with Gasteiger partial charge in [-0.25, -0.2) is 0 Å². The zero-order chi connectivity index (χ0) is 16.2. The molecule has 0 spiro atoms. The Morgan fingerprint density at radius 3 is 2.82 bits per heavy atom. The number of amides is 1. The Balaban J connectivity index is 2.14. The molecular weight excluding hydrogens is 286 g/mol. The summed E-state index contributed by atoms with van der Waals surface area (Å²) in [4.78, 5) is 23.3. The van der Waals surface area contributed by atoms with E-state index < -0.39 is 11.5 Å². The fourth-order valence-electron chi connectivity index (χ4n) is 2.39. The van der Waals surface area contributed by atoms with Gasteiger partial charge in [-0.05, 0) is 19.1 Å². The molecule has 2 rings (SSSR count). The molecule has 1 atom stereocenters. The van der Waals surface area contributed by atoms with Crippen LogP contribution in [0.2, 0.25) is 0 Å². The van der Waals surface area contributed by atoms with Crippen molar-refractivity contribution in [2.75, 3.05) is 20.3 Å². The Morgan fingerprint density at radius 1 is 1.41 bits per heavy atom. The number of aliphatic carboxylic acids is 1. The molecule has 1 aromatic rings. The van der Waals surface area contributed by atoms with Crippen LogP contribution < -0.4 is 10.1 Å². The molecule has 118 valence electrons. The Kier molecular flexibility index (Phi) is 4.82. The second kappa shape index (κ2) is 6.62. The van der Waals surface area contributed by atoms with Gasteiger partial charge in [0.15, 0.2) is 0 Å². The average Bonchev–Trinajstić information content (AvgIpc) is 2.45. The van der Waals surface area contributed by atoms with Crippen LogP contribution in [0.1, 0.15) is 18.9 Å². The topological polar surface area (TPSA) is 84.9 Å². The van der Waals surface area contributed by atoms with Crippen LogP contribution in [0, 0.1) is 0 Å². The molecule has 0 aliphatic carbocycles. The normalized spacial score (nSPS) is 15.8. The second-order valence-corrected chi connectivity index (χ2v) is 5.51. The predicted molar refractivity (Wildman–Crippen MR) is 80.6 cm³/mol. The second-order valence-electron chi connectivity index (χ2n) is 5.51. The van der Waals surface area contributed by atoms with Gasteiger partial charge in [0.1, 0.15) is 12.4 Å². The zero-order valence-electron chi connectivity index (χ0n) is 12.6. The fourth-order valence-corrected chi connectivity index (χ4v) is 2.39. The fraction of sp³-hybridized carbons (Fsp3) is 0.375. The molecule has 22 heavy (non-hydrogen) atoms. The Bertz CT molecular complexity index is 610. The first-order chi connectivity index (χ1) is 10.4. The summed E-state index contributed by atoms with van der Waals surface area (Å²) in [6.45, 7) is 1.90. The molecule has 1 aliphatic rings. The van der Waals surface area contributed by atoms with Crippen LogP contribution in [-0.4, -0.2) is 42.8 Å². The van der Waals surface area contributed by atoms with Gasteiger partial charge in [0, 0.05) is 12.7 Å². The van der Waals surface area contributed by atoms with E-state index in [0.29, 0.717) is 5.57 Å². The highest BCUT2D eigenvalue weighted by molar-refractivity contribution is 5.99. The molecule has 0 bridgehead atoms. The van der Waals surface area contributed by atoms with Crippen molar-refractivity contribution in [2.45, 2.75) is 18.9 Å². The maximum atomic E-state index is 12.4. The van der Waals surface area contributed by atoms with Crippen LogP contribution in [0.4, 0.5) is 0 Å². The van der Waals surface area contributed by atoms with Crippen molar-refractivity contribution in [1.82, 2.24) is 5.32 Å². The number of carboxylic acids is 1.